The number of carbonyl (C=O) groups excluding carboxylic acids is 2. The average Bonchev–Trinajstić information content (AvgIpc) is 2.73. The molecular weight excluding hydrogens is 370 g/mol. The van der Waals surface area contributed by atoms with Crippen LogP contribution in [-0.2, 0) is 17.6 Å². The van der Waals surface area contributed by atoms with Crippen molar-refractivity contribution in [1.82, 2.24) is 14.8 Å². The van der Waals surface area contributed by atoms with Crippen molar-refractivity contribution < 1.29 is 14.7 Å². The number of fused-ring (bicyclic) bond motifs is 5. The van der Waals surface area contributed by atoms with Crippen molar-refractivity contribution in [2.45, 2.75) is 63.5 Å². The number of hydrogen-bond acceptors (Lipinski definition) is 4. The molecule has 2 bridgehead atoms. The number of H-pyrrole nitrogens is 1. The van der Waals surface area contributed by atoms with Crippen LogP contribution in [0.15, 0.2) is 10.9 Å². The molecule has 4 aliphatic rings. The van der Waals surface area contributed by atoms with Crippen LogP contribution < -0.4 is 5.56 Å². The van der Waals surface area contributed by atoms with E-state index in [0.29, 0.717) is 19.5 Å². The summed E-state index contributed by atoms with van der Waals surface area (Å²) in [6.45, 7) is 1.01. The third-order valence-electron chi connectivity index (χ3n) is 7.54. The monoisotopic (exact) mass is 399 g/mol. The van der Waals surface area contributed by atoms with E-state index in [1.54, 1.807) is 11.0 Å². The number of aliphatic hydroxyl groups is 1. The third kappa shape index (κ3) is 3.10. The number of pyridine rings is 1. The molecule has 5 rings (SSSR count). The summed E-state index contributed by atoms with van der Waals surface area (Å²) in [5, 5.41) is 10.0. The van der Waals surface area contributed by atoms with Crippen molar-refractivity contribution in [3.05, 3.63) is 33.2 Å². The summed E-state index contributed by atoms with van der Waals surface area (Å²) in [7, 11) is 0. The zero-order chi connectivity index (χ0) is 20.1. The van der Waals surface area contributed by atoms with E-state index in [2.05, 4.69) is 4.98 Å². The second-order valence-electron chi connectivity index (χ2n) is 9.20. The molecule has 0 aromatic carbocycles. The van der Waals surface area contributed by atoms with E-state index in [4.69, 9.17) is 0 Å². The maximum Gasteiger partial charge on any atom is 0.261 e. The van der Waals surface area contributed by atoms with Gasteiger partial charge in [-0.3, -0.25) is 14.4 Å². The molecule has 7 heteroatoms. The van der Waals surface area contributed by atoms with Gasteiger partial charge in [-0.15, -0.1) is 0 Å². The highest BCUT2D eigenvalue weighted by atomic mass is 16.3. The average molecular weight is 399 g/mol. The topological polar surface area (TPSA) is 93.7 Å². The van der Waals surface area contributed by atoms with E-state index in [-0.39, 0.29) is 53.5 Å². The normalized spacial score (nSPS) is 31.3. The minimum atomic E-state index is -0.292. The summed E-state index contributed by atoms with van der Waals surface area (Å²) >= 11 is 0. The molecule has 0 unspecified atom stereocenters. The van der Waals surface area contributed by atoms with Crippen molar-refractivity contribution in [1.29, 1.82) is 0 Å². The Kier molecular flexibility index (Phi) is 4.73. The largest absolute Gasteiger partial charge is 0.394 e. The lowest BCUT2D eigenvalue weighted by atomic mass is 9.72. The Morgan fingerprint density at radius 2 is 1.90 bits per heavy atom. The summed E-state index contributed by atoms with van der Waals surface area (Å²) in [6, 6.07) is 1.68. The van der Waals surface area contributed by atoms with Gasteiger partial charge < -0.3 is 19.9 Å². The van der Waals surface area contributed by atoms with Crippen LogP contribution in [0.1, 0.15) is 60.1 Å². The first kappa shape index (κ1) is 18.9. The van der Waals surface area contributed by atoms with E-state index in [9.17, 15) is 19.5 Å². The zero-order valence-corrected chi connectivity index (χ0v) is 16.7. The molecule has 2 amide bonds. The quantitative estimate of drug-likeness (QED) is 0.778. The maximum absolute atomic E-state index is 13.3. The van der Waals surface area contributed by atoms with Crippen LogP contribution in [0.2, 0.25) is 0 Å². The predicted octanol–water partition coefficient (Wildman–Crippen LogP) is 1.09. The van der Waals surface area contributed by atoms with Crippen LogP contribution in [0.5, 0.6) is 0 Å². The van der Waals surface area contributed by atoms with Crippen molar-refractivity contribution in [2.75, 3.05) is 19.7 Å². The Morgan fingerprint density at radius 1 is 1.10 bits per heavy atom. The van der Waals surface area contributed by atoms with Gasteiger partial charge in [-0.2, -0.15) is 0 Å². The van der Waals surface area contributed by atoms with Gasteiger partial charge in [-0.1, -0.05) is 0 Å². The number of carbonyl (C=O) groups is 2. The first-order chi connectivity index (χ1) is 14.1. The molecule has 29 heavy (non-hydrogen) atoms. The summed E-state index contributed by atoms with van der Waals surface area (Å²) in [6.07, 6.45) is 7.23. The zero-order valence-electron chi connectivity index (χ0n) is 16.7. The number of likely N-dealkylation sites (tertiary alicyclic amines) is 1. The van der Waals surface area contributed by atoms with Gasteiger partial charge in [0.15, 0.2) is 0 Å². The number of rotatable bonds is 2. The standard InChI is InChI=1S/C22H29N3O4/c26-12-19-15-8-14(18-6-3-7-20(27)25(18)19)10-24(11-15)22(29)16-9-13-4-1-2-5-17(13)23-21(16)28/h9,14-15,18-19,26H,1-8,10-12H2,(H,23,28)/t14-,15+,18+,19+/m1/s1. The first-order valence-corrected chi connectivity index (χ1v) is 11.0. The molecule has 1 aromatic heterocycles. The van der Waals surface area contributed by atoms with E-state index in [0.717, 1.165) is 56.2 Å². The van der Waals surface area contributed by atoms with Crippen LogP contribution in [0.4, 0.5) is 0 Å². The molecular formula is C22H29N3O4. The van der Waals surface area contributed by atoms with Gasteiger partial charge in [0.25, 0.3) is 11.5 Å². The number of piperidine rings is 3. The van der Waals surface area contributed by atoms with Gasteiger partial charge in [0.2, 0.25) is 5.91 Å². The number of nitrogens with zero attached hydrogens (tertiary/aromatic N) is 2. The van der Waals surface area contributed by atoms with Crippen LogP contribution in [-0.4, -0.2) is 63.5 Å². The molecule has 4 atom stereocenters. The van der Waals surface area contributed by atoms with Crippen LogP contribution in [0.3, 0.4) is 0 Å². The summed E-state index contributed by atoms with van der Waals surface area (Å²) in [5.41, 5.74) is 2.01. The Morgan fingerprint density at radius 3 is 2.72 bits per heavy atom. The molecule has 0 radical (unpaired) electrons. The number of amides is 2. The third-order valence-corrected chi connectivity index (χ3v) is 7.54. The van der Waals surface area contributed by atoms with Gasteiger partial charge in [0.05, 0.1) is 12.6 Å². The minimum absolute atomic E-state index is 0.0673. The van der Waals surface area contributed by atoms with Crippen molar-refractivity contribution in [3.8, 4) is 0 Å². The molecule has 3 fully saturated rings. The lowest BCUT2D eigenvalue weighted by Crippen LogP contribution is -2.66. The lowest BCUT2D eigenvalue weighted by molar-refractivity contribution is -0.154. The van der Waals surface area contributed by atoms with Gasteiger partial charge >= 0.3 is 0 Å². The Balaban J connectivity index is 1.43. The lowest BCUT2D eigenvalue weighted by Gasteiger charge is -2.56. The Hall–Kier alpha value is -2.15. The van der Waals surface area contributed by atoms with Crippen LogP contribution >= 0.6 is 0 Å². The molecule has 156 valence electrons. The second-order valence-corrected chi connectivity index (χ2v) is 9.20. The number of aromatic amines is 1. The summed E-state index contributed by atoms with van der Waals surface area (Å²) < 4.78 is 0. The highest BCUT2D eigenvalue weighted by Crippen LogP contribution is 2.41. The molecule has 2 N–H and O–H groups in total. The van der Waals surface area contributed by atoms with E-state index in [1.807, 2.05) is 4.90 Å². The van der Waals surface area contributed by atoms with Gasteiger partial charge in [-0.05, 0) is 68.4 Å². The summed E-state index contributed by atoms with van der Waals surface area (Å²) in [5.74, 6) is 0.224. The molecule has 1 aliphatic carbocycles. The number of nitrogens with one attached hydrogen (secondary N) is 1. The van der Waals surface area contributed by atoms with Crippen molar-refractivity contribution in [2.24, 2.45) is 11.8 Å². The molecule has 7 nitrogen and oxygen atoms in total. The molecule has 1 aromatic rings. The molecule has 0 spiro atoms. The Labute approximate surface area is 170 Å². The number of aliphatic hydroxyl groups excluding tert-OH is 1. The fourth-order valence-electron chi connectivity index (χ4n) is 6.18. The smallest absolute Gasteiger partial charge is 0.261 e. The molecule has 3 aliphatic heterocycles. The summed E-state index contributed by atoms with van der Waals surface area (Å²) in [4.78, 5) is 45.1. The molecule has 4 heterocycles. The van der Waals surface area contributed by atoms with Gasteiger partial charge in [0.1, 0.15) is 5.56 Å². The predicted molar refractivity (Wildman–Crippen MR) is 107 cm³/mol. The highest BCUT2D eigenvalue weighted by molar-refractivity contribution is 5.94. The number of hydrogen-bond donors (Lipinski definition) is 2. The molecule has 0 saturated carbocycles. The van der Waals surface area contributed by atoms with Gasteiger partial charge in [-0.25, -0.2) is 0 Å². The van der Waals surface area contributed by atoms with Crippen molar-refractivity contribution >= 4 is 11.8 Å². The number of aryl methyl sites for hydroxylation is 2. The fourth-order valence-corrected chi connectivity index (χ4v) is 6.18. The van der Waals surface area contributed by atoms with E-state index < -0.39 is 0 Å². The van der Waals surface area contributed by atoms with Crippen LogP contribution in [0.25, 0.3) is 0 Å². The van der Waals surface area contributed by atoms with Gasteiger partial charge in [0, 0.05) is 31.2 Å². The fraction of sp³-hybridized carbons (Fsp3) is 0.682. The first-order valence-electron chi connectivity index (χ1n) is 11.0. The molecule has 3 saturated heterocycles. The Bertz CT molecular complexity index is 881. The minimum Gasteiger partial charge on any atom is -0.394 e. The van der Waals surface area contributed by atoms with E-state index in [1.165, 1.54) is 0 Å². The maximum atomic E-state index is 13.3. The number of aromatic nitrogens is 1. The van der Waals surface area contributed by atoms with Crippen molar-refractivity contribution in [3.63, 3.8) is 0 Å². The SMILES string of the molecule is O=C(c1cc2c([nH]c1=O)CCCC2)N1C[C@H]2C[C@@H](C1)[C@H](CO)N1C(=O)CCC[C@@H]21. The second kappa shape index (κ2) is 7.27. The van der Waals surface area contributed by atoms with E-state index >= 15 is 0 Å². The van der Waals surface area contributed by atoms with Crippen LogP contribution in [0, 0.1) is 11.8 Å². The highest BCUT2D eigenvalue weighted by Gasteiger charge is 2.50.